The number of nitro groups is 1. The van der Waals surface area contributed by atoms with E-state index in [9.17, 15) is 10.1 Å². The van der Waals surface area contributed by atoms with E-state index < -0.39 is 4.92 Å². The van der Waals surface area contributed by atoms with Crippen molar-refractivity contribution in [2.75, 3.05) is 25.0 Å². The molecule has 0 aromatic carbocycles. The minimum Gasteiger partial charge on any atom is -0.367 e. The largest absolute Gasteiger partial charge is 0.367 e. The van der Waals surface area contributed by atoms with Crippen LogP contribution in [0.3, 0.4) is 0 Å². The van der Waals surface area contributed by atoms with Crippen LogP contribution in [-0.4, -0.2) is 40.5 Å². The number of anilines is 1. The van der Waals surface area contributed by atoms with Gasteiger partial charge in [-0.2, -0.15) is 5.26 Å². The summed E-state index contributed by atoms with van der Waals surface area (Å²) in [5.74, 6) is 0.657. The van der Waals surface area contributed by atoms with Gasteiger partial charge in [0.05, 0.1) is 17.5 Å². The van der Waals surface area contributed by atoms with E-state index in [1.54, 1.807) is 6.07 Å². The van der Waals surface area contributed by atoms with Crippen LogP contribution in [0.5, 0.6) is 0 Å². The third-order valence-corrected chi connectivity index (χ3v) is 3.19. The molecule has 0 spiro atoms. The lowest BCUT2D eigenvalue weighted by molar-refractivity contribution is -0.385. The van der Waals surface area contributed by atoms with Crippen LogP contribution in [0.2, 0.25) is 0 Å². The molecule has 2 rings (SSSR count). The van der Waals surface area contributed by atoms with Gasteiger partial charge in [0.2, 0.25) is 0 Å². The molecule has 0 atom stereocenters. The molecule has 0 saturated carbocycles. The third kappa shape index (κ3) is 3.63. The molecule has 0 amide bonds. The Morgan fingerprint density at radius 1 is 1.53 bits per heavy atom. The van der Waals surface area contributed by atoms with Crippen molar-refractivity contribution in [2.45, 2.75) is 18.9 Å². The first-order valence-corrected chi connectivity index (χ1v) is 6.15. The number of nitrogens with zero attached hydrogens (tertiary/aromatic N) is 4. The Hall–Kier alpha value is -2.20. The molecule has 100 valence electrons. The first kappa shape index (κ1) is 13.2. The maximum Gasteiger partial charge on any atom is 0.287 e. The predicted octanol–water partition coefficient (Wildman–Crippen LogP) is 1.39. The van der Waals surface area contributed by atoms with Gasteiger partial charge in [-0.05, 0) is 18.9 Å². The molecule has 0 radical (unpaired) electrons. The van der Waals surface area contributed by atoms with Crippen molar-refractivity contribution >= 4 is 11.5 Å². The van der Waals surface area contributed by atoms with Gasteiger partial charge in [0.25, 0.3) is 5.69 Å². The van der Waals surface area contributed by atoms with Crippen molar-refractivity contribution in [3.8, 4) is 6.07 Å². The summed E-state index contributed by atoms with van der Waals surface area (Å²) in [6.07, 6.45) is 3.15. The van der Waals surface area contributed by atoms with Crippen molar-refractivity contribution in [1.29, 1.82) is 5.26 Å². The van der Waals surface area contributed by atoms with E-state index in [-0.39, 0.29) is 5.69 Å². The predicted molar refractivity (Wildman–Crippen MR) is 69.6 cm³/mol. The fraction of sp³-hybridized carbons (Fsp3) is 0.500. The van der Waals surface area contributed by atoms with Gasteiger partial charge in [-0.3, -0.25) is 15.0 Å². The third-order valence-electron chi connectivity index (χ3n) is 3.19. The summed E-state index contributed by atoms with van der Waals surface area (Å²) in [4.78, 5) is 16.2. The van der Waals surface area contributed by atoms with E-state index in [0.717, 1.165) is 25.9 Å². The molecule has 7 nitrogen and oxygen atoms in total. The highest BCUT2D eigenvalue weighted by Crippen LogP contribution is 2.17. The molecule has 19 heavy (non-hydrogen) atoms. The Labute approximate surface area is 111 Å². The lowest BCUT2D eigenvalue weighted by Gasteiger charge is -2.30. The lowest BCUT2D eigenvalue weighted by Crippen LogP contribution is -2.39. The van der Waals surface area contributed by atoms with Crippen LogP contribution in [0.25, 0.3) is 0 Å². The van der Waals surface area contributed by atoms with Crippen LogP contribution in [-0.2, 0) is 0 Å². The molecule has 0 bridgehead atoms. The van der Waals surface area contributed by atoms with Gasteiger partial charge in [0, 0.05) is 25.2 Å². The molecular weight excluding hydrogens is 246 g/mol. The van der Waals surface area contributed by atoms with E-state index in [4.69, 9.17) is 5.26 Å². The van der Waals surface area contributed by atoms with Crippen molar-refractivity contribution in [2.24, 2.45) is 0 Å². The number of nitrogens with one attached hydrogen (secondary N) is 1. The molecule has 1 aliphatic rings. The number of aromatic nitrogens is 1. The summed E-state index contributed by atoms with van der Waals surface area (Å²) in [6.45, 7) is 2.25. The van der Waals surface area contributed by atoms with Gasteiger partial charge in [0.1, 0.15) is 12.0 Å². The second-order valence-electron chi connectivity index (χ2n) is 4.51. The number of rotatable bonds is 4. The molecule has 1 saturated heterocycles. The summed E-state index contributed by atoms with van der Waals surface area (Å²) < 4.78 is 0. The quantitative estimate of drug-likeness (QED) is 0.500. The molecule has 0 unspecified atom stereocenters. The van der Waals surface area contributed by atoms with E-state index in [1.165, 1.54) is 12.3 Å². The first-order valence-electron chi connectivity index (χ1n) is 6.15. The number of piperidine rings is 1. The fourth-order valence-electron chi connectivity index (χ4n) is 2.12. The molecule has 1 aliphatic heterocycles. The highest BCUT2D eigenvalue weighted by atomic mass is 16.6. The van der Waals surface area contributed by atoms with Crippen LogP contribution in [0.4, 0.5) is 11.5 Å². The maximum absolute atomic E-state index is 10.5. The highest BCUT2D eigenvalue weighted by Gasteiger charge is 2.19. The molecule has 2 heterocycles. The van der Waals surface area contributed by atoms with Gasteiger partial charge in [-0.15, -0.1) is 0 Å². The molecule has 1 N–H and O–H groups in total. The number of hydrogen-bond donors (Lipinski definition) is 1. The van der Waals surface area contributed by atoms with Crippen molar-refractivity contribution in [1.82, 2.24) is 9.88 Å². The van der Waals surface area contributed by atoms with E-state index in [2.05, 4.69) is 21.3 Å². The number of pyridine rings is 1. The number of likely N-dealkylation sites (tertiary alicyclic amines) is 1. The molecule has 0 aliphatic carbocycles. The van der Waals surface area contributed by atoms with E-state index >= 15 is 0 Å². The Kier molecular flexibility index (Phi) is 4.26. The fourth-order valence-corrected chi connectivity index (χ4v) is 2.12. The average molecular weight is 261 g/mol. The van der Waals surface area contributed by atoms with Crippen LogP contribution in [0, 0.1) is 21.4 Å². The highest BCUT2D eigenvalue weighted by molar-refractivity contribution is 5.40. The second kappa shape index (κ2) is 6.11. The SMILES string of the molecule is N#CCN1CCC(Nc2ccc([N+](=O)[O-])cn2)CC1. The van der Waals surface area contributed by atoms with Crippen molar-refractivity contribution < 1.29 is 4.92 Å². The first-order chi connectivity index (χ1) is 9.19. The van der Waals surface area contributed by atoms with Crippen LogP contribution < -0.4 is 5.32 Å². The Bertz CT molecular complexity index is 474. The minimum absolute atomic E-state index is 0.00519. The Morgan fingerprint density at radius 3 is 2.79 bits per heavy atom. The molecule has 1 aromatic heterocycles. The number of nitriles is 1. The van der Waals surface area contributed by atoms with Gasteiger partial charge in [-0.1, -0.05) is 0 Å². The minimum atomic E-state index is -0.461. The zero-order valence-electron chi connectivity index (χ0n) is 10.5. The van der Waals surface area contributed by atoms with Gasteiger partial charge < -0.3 is 5.32 Å². The summed E-state index contributed by atoms with van der Waals surface area (Å²) in [7, 11) is 0. The van der Waals surface area contributed by atoms with E-state index in [1.807, 2.05) is 0 Å². The standard InChI is InChI=1S/C12H15N5O2/c13-5-8-16-6-3-10(4-7-16)15-12-2-1-11(9-14-12)17(18)19/h1-2,9-10H,3-4,6-8H2,(H,14,15). The second-order valence-corrected chi connectivity index (χ2v) is 4.51. The topological polar surface area (TPSA) is 95.1 Å². The zero-order valence-corrected chi connectivity index (χ0v) is 10.5. The average Bonchev–Trinajstić information content (AvgIpc) is 2.42. The smallest absolute Gasteiger partial charge is 0.287 e. The Morgan fingerprint density at radius 2 is 2.26 bits per heavy atom. The van der Waals surface area contributed by atoms with Crippen LogP contribution >= 0.6 is 0 Å². The lowest BCUT2D eigenvalue weighted by atomic mass is 10.1. The van der Waals surface area contributed by atoms with Gasteiger partial charge in [0.15, 0.2) is 0 Å². The monoisotopic (exact) mass is 261 g/mol. The van der Waals surface area contributed by atoms with Crippen LogP contribution in [0.1, 0.15) is 12.8 Å². The Balaban J connectivity index is 1.85. The van der Waals surface area contributed by atoms with E-state index in [0.29, 0.717) is 18.4 Å². The number of hydrogen-bond acceptors (Lipinski definition) is 6. The summed E-state index contributed by atoms with van der Waals surface area (Å²) in [5.41, 5.74) is -0.00519. The van der Waals surface area contributed by atoms with Gasteiger partial charge >= 0.3 is 0 Å². The molecule has 1 aromatic rings. The summed E-state index contributed by atoms with van der Waals surface area (Å²) >= 11 is 0. The van der Waals surface area contributed by atoms with Crippen molar-refractivity contribution in [3.63, 3.8) is 0 Å². The van der Waals surface area contributed by atoms with Crippen LogP contribution in [0.15, 0.2) is 18.3 Å². The summed E-state index contributed by atoms with van der Waals surface area (Å²) in [6, 6.07) is 5.53. The summed E-state index contributed by atoms with van der Waals surface area (Å²) in [5, 5.41) is 22.4. The molecular formula is C12H15N5O2. The van der Waals surface area contributed by atoms with Gasteiger partial charge in [-0.25, -0.2) is 4.98 Å². The maximum atomic E-state index is 10.5. The van der Waals surface area contributed by atoms with Crippen molar-refractivity contribution in [3.05, 3.63) is 28.4 Å². The normalized spacial score (nSPS) is 16.8. The molecule has 1 fully saturated rings. The molecule has 7 heteroatoms. The zero-order chi connectivity index (χ0) is 13.7.